The molecule has 0 amide bonds. The molecule has 5 nitrogen and oxygen atoms in total. The van der Waals surface area contributed by atoms with Crippen LogP contribution in [0, 0.1) is 0 Å². The molecule has 0 unspecified atom stereocenters. The van der Waals surface area contributed by atoms with Gasteiger partial charge in [-0.25, -0.2) is 4.98 Å². The molecular formula is C23H15N5S. The van der Waals surface area contributed by atoms with Crippen LogP contribution in [0.4, 0.5) is 11.6 Å². The van der Waals surface area contributed by atoms with E-state index in [1.807, 2.05) is 60.7 Å². The highest BCUT2D eigenvalue weighted by Crippen LogP contribution is 2.41. The number of fused-ring (bicyclic) bond motifs is 3. The van der Waals surface area contributed by atoms with Gasteiger partial charge in [0.2, 0.25) is 0 Å². The monoisotopic (exact) mass is 393 g/mol. The predicted molar refractivity (Wildman–Crippen MR) is 119 cm³/mol. The minimum absolute atomic E-state index is 0.712. The molecule has 0 aliphatic carbocycles. The minimum Gasteiger partial charge on any atom is -0.338 e. The van der Waals surface area contributed by atoms with Crippen molar-refractivity contribution in [2.45, 2.75) is 0 Å². The zero-order valence-electron chi connectivity index (χ0n) is 15.3. The maximum Gasteiger partial charge on any atom is 0.164 e. The van der Waals surface area contributed by atoms with Crippen molar-refractivity contribution in [3.8, 4) is 10.6 Å². The van der Waals surface area contributed by atoms with Crippen LogP contribution in [0.1, 0.15) is 0 Å². The normalized spacial score (nSPS) is 12.0. The topological polar surface area (TPSA) is 69.2 Å². The number of aromatic nitrogens is 3. The van der Waals surface area contributed by atoms with Crippen molar-refractivity contribution in [2.24, 2.45) is 10.2 Å². The van der Waals surface area contributed by atoms with Crippen LogP contribution in [0.2, 0.25) is 0 Å². The Hall–Kier alpha value is -3.77. The first-order valence-corrected chi connectivity index (χ1v) is 10.1. The third-order valence-corrected chi connectivity index (χ3v) is 6.02. The van der Waals surface area contributed by atoms with Crippen molar-refractivity contribution in [1.82, 2.24) is 15.0 Å². The molecule has 0 radical (unpaired) electrons. The van der Waals surface area contributed by atoms with E-state index < -0.39 is 0 Å². The maximum absolute atomic E-state index is 4.84. The van der Waals surface area contributed by atoms with Crippen molar-refractivity contribution in [1.29, 1.82) is 0 Å². The number of nitrogens with one attached hydrogen (secondary N) is 2. The summed E-state index contributed by atoms with van der Waals surface area (Å²) in [5.74, 6) is 1.43. The first-order valence-electron chi connectivity index (χ1n) is 9.31. The van der Waals surface area contributed by atoms with E-state index in [0.29, 0.717) is 5.82 Å². The Morgan fingerprint density at radius 3 is 2.45 bits per heavy atom. The maximum atomic E-state index is 4.84. The summed E-state index contributed by atoms with van der Waals surface area (Å²) in [4.78, 5) is 11.5. The van der Waals surface area contributed by atoms with Gasteiger partial charge < -0.3 is 9.97 Å². The average molecular weight is 393 g/mol. The lowest BCUT2D eigenvalue weighted by Crippen LogP contribution is -1.74. The van der Waals surface area contributed by atoms with Crippen LogP contribution in [0.15, 0.2) is 89.1 Å². The number of hydrogen-bond acceptors (Lipinski definition) is 4. The molecule has 29 heavy (non-hydrogen) atoms. The SMILES string of the molecule is c1ccc2[nH]c(N=Nc3[nH]c4ccccc4c3-c3nc4ccccc4s3)cc2c1. The van der Waals surface area contributed by atoms with E-state index in [9.17, 15) is 0 Å². The molecule has 2 N–H and O–H groups in total. The van der Waals surface area contributed by atoms with Gasteiger partial charge in [-0.15, -0.1) is 21.6 Å². The lowest BCUT2D eigenvalue weighted by Gasteiger charge is -1.95. The van der Waals surface area contributed by atoms with Gasteiger partial charge in [0.25, 0.3) is 0 Å². The van der Waals surface area contributed by atoms with E-state index in [-0.39, 0.29) is 0 Å². The van der Waals surface area contributed by atoms with Gasteiger partial charge in [-0.05, 0) is 30.3 Å². The van der Waals surface area contributed by atoms with E-state index in [2.05, 4.69) is 38.4 Å². The third-order valence-electron chi connectivity index (χ3n) is 4.97. The fourth-order valence-electron chi connectivity index (χ4n) is 3.61. The molecular weight excluding hydrogens is 378 g/mol. The molecule has 0 fully saturated rings. The van der Waals surface area contributed by atoms with Gasteiger partial charge in [0.05, 0.1) is 15.8 Å². The fourth-order valence-corrected chi connectivity index (χ4v) is 4.64. The number of rotatable bonds is 3. The largest absolute Gasteiger partial charge is 0.338 e. The molecule has 3 aromatic carbocycles. The predicted octanol–water partition coefficient (Wildman–Crippen LogP) is 7.34. The standard InChI is InChI=1S/C23H15N5S/c1-3-9-16-14(7-1)13-20(24-16)27-28-22-21(15-8-2-4-10-17(15)25-22)23-26-18-11-5-6-12-19(18)29-23/h1-13,24-25H. The van der Waals surface area contributed by atoms with Crippen LogP contribution in [-0.2, 0) is 0 Å². The molecule has 6 aromatic rings. The first kappa shape index (κ1) is 16.2. The molecule has 6 rings (SSSR count). The molecule has 3 aromatic heterocycles. The van der Waals surface area contributed by atoms with Crippen molar-refractivity contribution in [2.75, 3.05) is 0 Å². The van der Waals surface area contributed by atoms with Crippen LogP contribution in [0.25, 0.3) is 42.6 Å². The van der Waals surface area contributed by atoms with E-state index in [0.717, 1.165) is 48.4 Å². The highest BCUT2D eigenvalue weighted by Gasteiger charge is 2.17. The van der Waals surface area contributed by atoms with Gasteiger partial charge >= 0.3 is 0 Å². The second-order valence-electron chi connectivity index (χ2n) is 6.82. The summed E-state index contributed by atoms with van der Waals surface area (Å²) >= 11 is 1.67. The molecule has 0 bridgehead atoms. The molecule has 0 atom stereocenters. The lowest BCUT2D eigenvalue weighted by molar-refractivity contribution is 1.16. The Bertz CT molecular complexity index is 1450. The Morgan fingerprint density at radius 2 is 1.55 bits per heavy atom. The van der Waals surface area contributed by atoms with Crippen molar-refractivity contribution >= 4 is 55.0 Å². The van der Waals surface area contributed by atoms with Crippen molar-refractivity contribution in [3.05, 3.63) is 78.9 Å². The number of benzene rings is 3. The lowest BCUT2D eigenvalue weighted by atomic mass is 10.2. The zero-order chi connectivity index (χ0) is 19.2. The molecule has 6 heteroatoms. The van der Waals surface area contributed by atoms with Gasteiger partial charge in [0.15, 0.2) is 11.6 Å². The molecule has 0 saturated carbocycles. The Balaban J connectivity index is 1.51. The zero-order valence-corrected chi connectivity index (χ0v) is 16.1. The van der Waals surface area contributed by atoms with Crippen molar-refractivity contribution < 1.29 is 0 Å². The molecule has 3 heterocycles. The van der Waals surface area contributed by atoms with E-state index in [4.69, 9.17) is 4.98 Å². The second-order valence-corrected chi connectivity index (χ2v) is 7.85. The number of azo groups is 1. The van der Waals surface area contributed by atoms with Gasteiger partial charge in [-0.2, -0.15) is 0 Å². The molecule has 0 spiro atoms. The number of para-hydroxylation sites is 3. The van der Waals surface area contributed by atoms with Gasteiger partial charge in [0.1, 0.15) is 5.01 Å². The summed E-state index contributed by atoms with van der Waals surface area (Å²) in [5.41, 5.74) is 4.05. The highest BCUT2D eigenvalue weighted by molar-refractivity contribution is 7.21. The fraction of sp³-hybridized carbons (Fsp3) is 0. The Morgan fingerprint density at radius 1 is 0.759 bits per heavy atom. The Labute approximate surface area is 169 Å². The second kappa shape index (κ2) is 6.39. The van der Waals surface area contributed by atoms with E-state index in [1.165, 1.54) is 0 Å². The van der Waals surface area contributed by atoms with Crippen LogP contribution < -0.4 is 0 Å². The molecule has 138 valence electrons. The van der Waals surface area contributed by atoms with E-state index >= 15 is 0 Å². The highest BCUT2D eigenvalue weighted by atomic mass is 32.1. The number of H-pyrrole nitrogens is 2. The molecule has 0 aliphatic rings. The number of nitrogens with zero attached hydrogens (tertiary/aromatic N) is 3. The number of thiazole rings is 1. The molecule has 0 aliphatic heterocycles. The van der Waals surface area contributed by atoms with Crippen LogP contribution in [0.5, 0.6) is 0 Å². The quantitative estimate of drug-likeness (QED) is 0.303. The van der Waals surface area contributed by atoms with Crippen molar-refractivity contribution in [3.63, 3.8) is 0 Å². The minimum atomic E-state index is 0.712. The van der Waals surface area contributed by atoms with Gasteiger partial charge in [-0.1, -0.05) is 48.5 Å². The summed E-state index contributed by atoms with van der Waals surface area (Å²) < 4.78 is 1.16. The number of aromatic amines is 2. The van der Waals surface area contributed by atoms with Crippen LogP contribution in [-0.4, -0.2) is 15.0 Å². The third kappa shape index (κ3) is 2.73. The summed E-state index contributed by atoms with van der Waals surface area (Å²) in [6.45, 7) is 0. The summed E-state index contributed by atoms with van der Waals surface area (Å²) in [7, 11) is 0. The summed E-state index contributed by atoms with van der Waals surface area (Å²) in [6.07, 6.45) is 0. The van der Waals surface area contributed by atoms with Gasteiger partial charge in [0, 0.05) is 21.8 Å². The van der Waals surface area contributed by atoms with Crippen LogP contribution >= 0.6 is 11.3 Å². The van der Waals surface area contributed by atoms with Gasteiger partial charge in [-0.3, -0.25) is 0 Å². The average Bonchev–Trinajstić information content (AvgIpc) is 3.45. The summed E-state index contributed by atoms with van der Waals surface area (Å²) in [5, 5.41) is 12.2. The Kier molecular flexibility index (Phi) is 3.57. The first-order chi connectivity index (χ1) is 14.3. The summed E-state index contributed by atoms with van der Waals surface area (Å²) in [6, 6.07) is 26.5. The number of hydrogen-bond donors (Lipinski definition) is 2. The van der Waals surface area contributed by atoms with E-state index in [1.54, 1.807) is 11.3 Å². The molecule has 0 saturated heterocycles. The smallest absolute Gasteiger partial charge is 0.164 e. The van der Waals surface area contributed by atoms with Crippen LogP contribution in [0.3, 0.4) is 0 Å².